The van der Waals surface area contributed by atoms with Crippen LogP contribution in [0.2, 0.25) is 20.1 Å². The number of carbonyl (C=O) groups excluding carboxylic acids is 1. The maximum atomic E-state index is 14.3. The van der Waals surface area contributed by atoms with Gasteiger partial charge in [-0.05, 0) is 55.9 Å². The molecular weight excluding hydrogens is 606 g/mol. The summed E-state index contributed by atoms with van der Waals surface area (Å²) in [5.74, 6) is 0.982. The second kappa shape index (κ2) is 12.5. The first-order valence-electron chi connectivity index (χ1n) is 13.8. The van der Waals surface area contributed by atoms with Crippen LogP contribution in [-0.4, -0.2) is 53.6 Å². The Morgan fingerprint density at radius 2 is 1.80 bits per heavy atom. The number of hydrogen-bond donors (Lipinski definition) is 2. The SMILES string of the molecule is O=C(C1=C(c2nc(CCCOc3c(Cl)cccc3Cl)co2)C[C@@H]2CNC[C@H]1N2)N(Cc1cccc(Cl)c1Cl)C1CC1. The van der Waals surface area contributed by atoms with Crippen LogP contribution in [0.1, 0.15) is 42.8 Å². The maximum Gasteiger partial charge on any atom is 0.252 e. The van der Waals surface area contributed by atoms with Gasteiger partial charge in [-0.1, -0.05) is 64.6 Å². The molecule has 2 bridgehead atoms. The fourth-order valence-electron chi connectivity index (χ4n) is 5.54. The van der Waals surface area contributed by atoms with Crippen LogP contribution < -0.4 is 15.4 Å². The number of oxazole rings is 1. The van der Waals surface area contributed by atoms with Crippen molar-refractivity contribution >= 4 is 57.9 Å². The Morgan fingerprint density at radius 3 is 2.59 bits per heavy atom. The van der Waals surface area contributed by atoms with Crippen molar-refractivity contribution in [2.75, 3.05) is 19.7 Å². The van der Waals surface area contributed by atoms with E-state index in [0.29, 0.717) is 76.3 Å². The summed E-state index contributed by atoms with van der Waals surface area (Å²) in [5.41, 5.74) is 3.23. The molecule has 0 radical (unpaired) electrons. The van der Waals surface area contributed by atoms with Gasteiger partial charge in [-0.2, -0.15) is 0 Å². The van der Waals surface area contributed by atoms with E-state index in [1.165, 1.54) is 0 Å². The van der Waals surface area contributed by atoms with Crippen LogP contribution in [-0.2, 0) is 17.8 Å². The van der Waals surface area contributed by atoms with Gasteiger partial charge in [-0.3, -0.25) is 4.79 Å². The Hall–Kier alpha value is -2.26. The lowest BCUT2D eigenvalue weighted by atomic mass is 9.86. The van der Waals surface area contributed by atoms with Gasteiger partial charge in [0.15, 0.2) is 5.75 Å². The quantitative estimate of drug-likeness (QED) is 0.245. The topological polar surface area (TPSA) is 79.6 Å². The fourth-order valence-corrected chi connectivity index (χ4v) is 6.42. The van der Waals surface area contributed by atoms with E-state index < -0.39 is 0 Å². The molecule has 41 heavy (non-hydrogen) atoms. The second-order valence-electron chi connectivity index (χ2n) is 10.7. The van der Waals surface area contributed by atoms with Crippen LogP contribution in [0.25, 0.3) is 5.57 Å². The molecule has 1 saturated carbocycles. The molecule has 2 fully saturated rings. The number of fused-ring (bicyclic) bond motifs is 2. The Labute approximate surface area is 259 Å². The molecule has 2 atom stereocenters. The van der Waals surface area contributed by atoms with Gasteiger partial charge in [0.1, 0.15) is 6.26 Å². The van der Waals surface area contributed by atoms with E-state index in [2.05, 4.69) is 10.6 Å². The van der Waals surface area contributed by atoms with Crippen molar-refractivity contribution in [3.8, 4) is 5.75 Å². The Balaban J connectivity index is 1.22. The molecule has 3 aliphatic rings. The summed E-state index contributed by atoms with van der Waals surface area (Å²) in [6.45, 7) is 2.31. The molecule has 216 valence electrons. The molecule has 1 aromatic heterocycles. The average Bonchev–Trinajstić information content (AvgIpc) is 3.69. The van der Waals surface area contributed by atoms with E-state index >= 15 is 0 Å². The number of halogens is 4. The van der Waals surface area contributed by atoms with Crippen LogP contribution in [0.4, 0.5) is 0 Å². The standard InChI is InChI=1S/C30H30Cl4N4O3/c31-22-6-1-4-17(27(22)34)15-38(20-9-10-20)30(39)26-21(12-19-13-35-14-25(26)36-19)29-37-18(16-41-29)5-3-11-40-28-23(32)7-2-8-24(28)33/h1-2,4,6-8,16,19-20,25,35-36H,3,5,9-15H2/t19-,25-/m1/s1. The number of nitrogens with zero attached hydrogens (tertiary/aromatic N) is 2. The largest absolute Gasteiger partial charge is 0.490 e. The Morgan fingerprint density at radius 1 is 1.05 bits per heavy atom. The molecule has 0 spiro atoms. The predicted octanol–water partition coefficient (Wildman–Crippen LogP) is 6.58. The molecule has 2 aromatic carbocycles. The summed E-state index contributed by atoms with van der Waals surface area (Å²) in [7, 11) is 0. The lowest BCUT2D eigenvalue weighted by Gasteiger charge is -2.40. The van der Waals surface area contributed by atoms with Crippen LogP contribution in [0.5, 0.6) is 5.75 Å². The third-order valence-electron chi connectivity index (χ3n) is 7.70. The van der Waals surface area contributed by atoms with Crippen molar-refractivity contribution < 1.29 is 13.9 Å². The number of piperazine rings is 1. The molecule has 0 unspecified atom stereocenters. The van der Waals surface area contributed by atoms with E-state index in [0.717, 1.165) is 36.2 Å². The molecule has 3 aromatic rings. The minimum absolute atomic E-state index is 0.0111. The number of amides is 1. The van der Waals surface area contributed by atoms with Crippen LogP contribution in [0, 0.1) is 0 Å². The molecular formula is C30H30Cl4N4O3. The first-order chi connectivity index (χ1) is 19.9. The number of benzene rings is 2. The van der Waals surface area contributed by atoms with E-state index in [9.17, 15) is 4.79 Å². The highest BCUT2D eigenvalue weighted by atomic mass is 35.5. The highest BCUT2D eigenvalue weighted by molar-refractivity contribution is 6.42. The number of ether oxygens (including phenoxy) is 1. The van der Waals surface area contributed by atoms with Gasteiger partial charge in [0.2, 0.25) is 5.89 Å². The van der Waals surface area contributed by atoms with E-state index in [4.69, 9.17) is 60.5 Å². The summed E-state index contributed by atoms with van der Waals surface area (Å²) in [4.78, 5) is 21.0. The minimum atomic E-state index is -0.134. The van der Waals surface area contributed by atoms with Crippen molar-refractivity contribution in [1.82, 2.24) is 20.5 Å². The monoisotopic (exact) mass is 634 g/mol. The van der Waals surface area contributed by atoms with Crippen LogP contribution >= 0.6 is 46.4 Å². The number of rotatable bonds is 10. The summed E-state index contributed by atoms with van der Waals surface area (Å²) >= 11 is 25.2. The van der Waals surface area contributed by atoms with E-state index in [1.807, 2.05) is 17.0 Å². The van der Waals surface area contributed by atoms with Gasteiger partial charge >= 0.3 is 0 Å². The average molecular weight is 636 g/mol. The molecule has 1 amide bonds. The summed E-state index contributed by atoms with van der Waals surface area (Å²) < 4.78 is 11.8. The normalized spacial score (nSPS) is 20.3. The van der Waals surface area contributed by atoms with Crippen molar-refractivity contribution in [3.63, 3.8) is 0 Å². The smallest absolute Gasteiger partial charge is 0.252 e. The van der Waals surface area contributed by atoms with Crippen molar-refractivity contribution in [2.45, 2.75) is 56.8 Å². The molecule has 11 heteroatoms. The van der Waals surface area contributed by atoms with Crippen molar-refractivity contribution in [3.05, 3.63) is 85.5 Å². The molecule has 1 aliphatic carbocycles. The Bertz CT molecular complexity index is 1450. The van der Waals surface area contributed by atoms with E-state index in [1.54, 1.807) is 30.5 Å². The number of aromatic nitrogens is 1. The number of hydrogen-bond acceptors (Lipinski definition) is 6. The zero-order valence-electron chi connectivity index (χ0n) is 22.3. The third kappa shape index (κ3) is 6.41. The number of aryl methyl sites for hydroxylation is 1. The van der Waals surface area contributed by atoms with Crippen LogP contribution in [0.15, 0.2) is 52.7 Å². The predicted molar refractivity (Wildman–Crippen MR) is 162 cm³/mol. The van der Waals surface area contributed by atoms with E-state index in [-0.39, 0.29) is 24.0 Å². The summed E-state index contributed by atoms with van der Waals surface area (Å²) in [5, 5.41) is 9.03. The van der Waals surface area contributed by atoms with Gasteiger partial charge < -0.3 is 24.7 Å². The summed E-state index contributed by atoms with van der Waals surface area (Å²) in [6.07, 6.45) is 5.61. The number of para-hydroxylation sites is 1. The van der Waals surface area contributed by atoms with Gasteiger partial charge in [0.25, 0.3) is 5.91 Å². The van der Waals surface area contributed by atoms with Gasteiger partial charge in [0.05, 0.1) is 38.4 Å². The summed E-state index contributed by atoms with van der Waals surface area (Å²) in [6, 6.07) is 11.1. The second-order valence-corrected chi connectivity index (χ2v) is 12.3. The first kappa shape index (κ1) is 28.8. The number of carbonyl (C=O) groups is 1. The zero-order chi connectivity index (χ0) is 28.5. The molecule has 3 heterocycles. The molecule has 2 aliphatic heterocycles. The van der Waals surface area contributed by atoms with Gasteiger partial charge in [0, 0.05) is 42.9 Å². The zero-order valence-corrected chi connectivity index (χ0v) is 25.3. The highest BCUT2D eigenvalue weighted by Crippen LogP contribution is 2.37. The molecule has 7 nitrogen and oxygen atoms in total. The van der Waals surface area contributed by atoms with Crippen molar-refractivity contribution in [1.29, 1.82) is 0 Å². The maximum absolute atomic E-state index is 14.3. The van der Waals surface area contributed by atoms with Crippen LogP contribution in [0.3, 0.4) is 0 Å². The van der Waals surface area contributed by atoms with Gasteiger partial charge in [-0.25, -0.2) is 4.98 Å². The van der Waals surface area contributed by atoms with Gasteiger partial charge in [-0.15, -0.1) is 0 Å². The molecule has 6 rings (SSSR count). The molecule has 1 saturated heterocycles. The highest BCUT2D eigenvalue weighted by Gasteiger charge is 2.42. The third-order valence-corrected chi connectivity index (χ3v) is 9.16. The fraction of sp³-hybridized carbons (Fsp3) is 0.400. The number of nitrogens with one attached hydrogen (secondary N) is 2. The minimum Gasteiger partial charge on any atom is -0.490 e. The first-order valence-corrected chi connectivity index (χ1v) is 15.4. The Kier molecular flexibility index (Phi) is 8.82. The van der Waals surface area contributed by atoms with Crippen molar-refractivity contribution in [2.24, 2.45) is 0 Å². The lowest BCUT2D eigenvalue weighted by Crippen LogP contribution is -2.60. The molecule has 2 N–H and O–H groups in total. The lowest BCUT2D eigenvalue weighted by molar-refractivity contribution is -0.128.